The summed E-state index contributed by atoms with van der Waals surface area (Å²) in [5, 5.41) is 8.81. The highest BCUT2D eigenvalue weighted by atomic mass is 16.2. The molecular weight excluding hydrogens is 462 g/mol. The molecule has 37 heavy (non-hydrogen) atoms. The molecule has 0 saturated heterocycles. The summed E-state index contributed by atoms with van der Waals surface area (Å²) in [6.45, 7) is 2.06. The van der Waals surface area contributed by atoms with E-state index in [-0.39, 0.29) is 17.7 Å². The van der Waals surface area contributed by atoms with E-state index < -0.39 is 0 Å². The van der Waals surface area contributed by atoms with Crippen LogP contribution < -0.4 is 11.1 Å². The van der Waals surface area contributed by atoms with Gasteiger partial charge in [0.1, 0.15) is 11.6 Å². The standard InChI is InChI=1S/C29H27N7O/c1-17-8-9-31-24(10-18-6-4-3-5-7-18)27(17)25-11-19-12-26(32-15-23(19)28(30)34-25)35-29(37)22-13-21(22)20-14-33-36(2)16-20/h3-9,11-12,14-16,21-22H,10,13H2,1-2H3,(H2,30,34)(H,32,35,37)/t21-,22+/m1/s1. The number of nitrogens with one attached hydrogen (secondary N) is 1. The fourth-order valence-corrected chi connectivity index (χ4v) is 4.96. The number of fused-ring (bicyclic) bond motifs is 1. The van der Waals surface area contributed by atoms with E-state index in [4.69, 9.17) is 10.7 Å². The van der Waals surface area contributed by atoms with Gasteiger partial charge >= 0.3 is 0 Å². The summed E-state index contributed by atoms with van der Waals surface area (Å²) in [6.07, 6.45) is 8.80. The van der Waals surface area contributed by atoms with Gasteiger partial charge in [-0.25, -0.2) is 9.97 Å². The van der Waals surface area contributed by atoms with Gasteiger partial charge in [0.2, 0.25) is 5.91 Å². The van der Waals surface area contributed by atoms with Crippen molar-refractivity contribution in [1.29, 1.82) is 0 Å². The first kappa shape index (κ1) is 22.8. The van der Waals surface area contributed by atoms with Gasteiger partial charge in [-0.05, 0) is 59.5 Å². The fraction of sp³-hybridized carbons (Fsp3) is 0.207. The Morgan fingerprint density at radius 2 is 1.97 bits per heavy atom. The third-order valence-corrected chi connectivity index (χ3v) is 6.98. The van der Waals surface area contributed by atoms with Crippen LogP contribution in [0.3, 0.4) is 0 Å². The number of amides is 1. The number of pyridine rings is 3. The summed E-state index contributed by atoms with van der Waals surface area (Å²) in [5.41, 5.74) is 12.4. The molecule has 1 aliphatic carbocycles. The number of anilines is 2. The van der Waals surface area contributed by atoms with Crippen molar-refractivity contribution in [3.05, 3.63) is 95.7 Å². The molecule has 1 aliphatic rings. The molecule has 0 radical (unpaired) electrons. The summed E-state index contributed by atoms with van der Waals surface area (Å²) in [5.74, 6) is 0.996. The zero-order valence-corrected chi connectivity index (χ0v) is 20.7. The Morgan fingerprint density at radius 3 is 2.76 bits per heavy atom. The maximum absolute atomic E-state index is 12.9. The van der Waals surface area contributed by atoms with Crippen LogP contribution in [0.5, 0.6) is 0 Å². The minimum Gasteiger partial charge on any atom is -0.383 e. The molecule has 0 aliphatic heterocycles. The molecule has 3 N–H and O–H groups in total. The molecule has 8 heteroatoms. The summed E-state index contributed by atoms with van der Waals surface area (Å²) in [7, 11) is 1.88. The number of carbonyl (C=O) groups excluding carboxylic acids is 1. The van der Waals surface area contributed by atoms with Crippen molar-refractivity contribution in [2.24, 2.45) is 13.0 Å². The molecular formula is C29H27N7O. The normalized spacial score (nSPS) is 16.6. The summed E-state index contributed by atoms with van der Waals surface area (Å²) < 4.78 is 1.76. The molecule has 1 aromatic carbocycles. The van der Waals surface area contributed by atoms with Crippen LogP contribution in [0.1, 0.15) is 34.7 Å². The predicted molar refractivity (Wildman–Crippen MR) is 144 cm³/mol. The Hall–Kier alpha value is -4.59. The Kier molecular flexibility index (Phi) is 5.64. The Morgan fingerprint density at radius 1 is 1.14 bits per heavy atom. The smallest absolute Gasteiger partial charge is 0.229 e. The second-order valence-electron chi connectivity index (χ2n) is 9.68. The highest BCUT2D eigenvalue weighted by molar-refractivity contribution is 5.99. The van der Waals surface area contributed by atoms with E-state index in [0.717, 1.165) is 45.3 Å². The fourth-order valence-electron chi connectivity index (χ4n) is 4.96. The molecule has 2 atom stereocenters. The second kappa shape index (κ2) is 9.13. The van der Waals surface area contributed by atoms with Crippen molar-refractivity contribution in [2.45, 2.75) is 25.7 Å². The molecule has 1 saturated carbocycles. The van der Waals surface area contributed by atoms with Crippen molar-refractivity contribution in [1.82, 2.24) is 24.7 Å². The third kappa shape index (κ3) is 4.53. The lowest BCUT2D eigenvalue weighted by atomic mass is 9.98. The van der Waals surface area contributed by atoms with Crippen LogP contribution in [0.25, 0.3) is 22.0 Å². The van der Waals surface area contributed by atoms with Crippen LogP contribution in [-0.2, 0) is 18.3 Å². The Balaban J connectivity index is 1.30. The number of carbonyl (C=O) groups is 1. The minimum absolute atomic E-state index is 0.0313. The maximum Gasteiger partial charge on any atom is 0.229 e. The van der Waals surface area contributed by atoms with Gasteiger partial charge in [-0.1, -0.05) is 30.3 Å². The molecule has 4 heterocycles. The lowest BCUT2D eigenvalue weighted by Gasteiger charge is -2.14. The second-order valence-corrected chi connectivity index (χ2v) is 9.68. The number of nitrogens with zero attached hydrogens (tertiary/aromatic N) is 5. The molecule has 184 valence electrons. The molecule has 4 aromatic heterocycles. The largest absolute Gasteiger partial charge is 0.383 e. The van der Waals surface area contributed by atoms with Crippen molar-refractivity contribution < 1.29 is 4.79 Å². The summed E-state index contributed by atoms with van der Waals surface area (Å²) in [6, 6.07) is 16.1. The van der Waals surface area contributed by atoms with E-state index in [1.54, 1.807) is 10.9 Å². The first-order chi connectivity index (χ1) is 18.0. The average molecular weight is 490 g/mol. The van der Waals surface area contributed by atoms with Gasteiger partial charge in [-0.2, -0.15) is 5.10 Å². The zero-order valence-electron chi connectivity index (χ0n) is 20.7. The molecule has 6 rings (SSSR count). The number of aromatic nitrogens is 5. The van der Waals surface area contributed by atoms with E-state index in [0.29, 0.717) is 18.1 Å². The van der Waals surface area contributed by atoms with E-state index >= 15 is 0 Å². The van der Waals surface area contributed by atoms with Crippen molar-refractivity contribution in [3.8, 4) is 11.3 Å². The molecule has 0 bridgehead atoms. The third-order valence-electron chi connectivity index (χ3n) is 6.98. The number of hydrogen-bond acceptors (Lipinski definition) is 6. The van der Waals surface area contributed by atoms with E-state index in [2.05, 4.69) is 39.4 Å². The first-order valence-electron chi connectivity index (χ1n) is 12.3. The van der Waals surface area contributed by atoms with Crippen molar-refractivity contribution in [2.75, 3.05) is 11.1 Å². The molecule has 1 amide bonds. The molecule has 8 nitrogen and oxygen atoms in total. The Labute approximate surface area is 214 Å². The number of hydrogen-bond donors (Lipinski definition) is 2. The van der Waals surface area contributed by atoms with E-state index in [9.17, 15) is 4.79 Å². The van der Waals surface area contributed by atoms with Crippen LogP contribution in [0, 0.1) is 12.8 Å². The van der Waals surface area contributed by atoms with Crippen LogP contribution >= 0.6 is 0 Å². The van der Waals surface area contributed by atoms with E-state index in [1.807, 2.05) is 62.0 Å². The topological polar surface area (TPSA) is 112 Å². The highest BCUT2D eigenvalue weighted by Gasteiger charge is 2.44. The van der Waals surface area contributed by atoms with Gasteiger partial charge in [-0.3, -0.25) is 14.5 Å². The number of rotatable bonds is 6. The first-order valence-corrected chi connectivity index (χ1v) is 12.3. The highest BCUT2D eigenvalue weighted by Crippen LogP contribution is 2.47. The van der Waals surface area contributed by atoms with Crippen LogP contribution in [-0.4, -0.2) is 30.6 Å². The zero-order chi connectivity index (χ0) is 25.5. The predicted octanol–water partition coefficient (Wildman–Crippen LogP) is 4.65. The number of benzene rings is 1. The number of aryl methyl sites for hydroxylation is 2. The Bertz CT molecular complexity index is 1630. The molecule has 5 aromatic rings. The van der Waals surface area contributed by atoms with Crippen LogP contribution in [0.2, 0.25) is 0 Å². The van der Waals surface area contributed by atoms with Gasteiger partial charge in [0.25, 0.3) is 0 Å². The molecule has 0 spiro atoms. The number of nitrogen functional groups attached to an aromatic ring is 1. The van der Waals surface area contributed by atoms with Gasteiger partial charge in [0.05, 0.1) is 17.6 Å². The molecule has 0 unspecified atom stereocenters. The van der Waals surface area contributed by atoms with Gasteiger partial charge < -0.3 is 11.1 Å². The average Bonchev–Trinajstić information content (AvgIpc) is 3.57. The van der Waals surface area contributed by atoms with Crippen molar-refractivity contribution in [3.63, 3.8) is 0 Å². The number of nitrogens with two attached hydrogens (primary N) is 1. The lowest BCUT2D eigenvalue weighted by Crippen LogP contribution is -2.15. The summed E-state index contributed by atoms with van der Waals surface area (Å²) >= 11 is 0. The van der Waals surface area contributed by atoms with E-state index in [1.165, 1.54) is 5.56 Å². The van der Waals surface area contributed by atoms with Crippen LogP contribution in [0.15, 0.2) is 73.3 Å². The van der Waals surface area contributed by atoms with Gasteiger partial charge in [0.15, 0.2) is 0 Å². The lowest BCUT2D eigenvalue weighted by molar-refractivity contribution is -0.117. The monoisotopic (exact) mass is 489 g/mol. The summed E-state index contributed by atoms with van der Waals surface area (Å²) in [4.78, 5) is 26.7. The minimum atomic E-state index is -0.0710. The van der Waals surface area contributed by atoms with Crippen molar-refractivity contribution >= 4 is 28.3 Å². The van der Waals surface area contributed by atoms with Gasteiger partial charge in [-0.15, -0.1) is 0 Å². The SMILES string of the molecule is Cc1ccnc(Cc2ccccc2)c1-c1cc2cc(NC(=O)[C@H]3C[C@@H]3c3cnn(C)c3)ncc2c(N)n1. The van der Waals surface area contributed by atoms with Crippen LogP contribution in [0.4, 0.5) is 11.6 Å². The van der Waals surface area contributed by atoms with Gasteiger partial charge in [0, 0.05) is 48.9 Å². The maximum atomic E-state index is 12.9. The quantitative estimate of drug-likeness (QED) is 0.359. The molecule has 1 fully saturated rings.